The molecule has 1 atom stereocenters. The average Bonchev–Trinajstić information content (AvgIpc) is 3.05. The number of hydrogen-bond donors (Lipinski definition) is 1. The number of ether oxygens (including phenoxy) is 1. The molecule has 0 heterocycles. The smallest absolute Gasteiger partial charge is 0.264 e. The highest BCUT2D eigenvalue weighted by Gasteiger charge is 2.34. The summed E-state index contributed by atoms with van der Waals surface area (Å²) in [4.78, 5) is 29.7. The first kappa shape index (κ1) is 34.8. The number of sulfonamides is 1. The van der Waals surface area contributed by atoms with Crippen molar-refractivity contribution in [2.75, 3.05) is 24.5 Å². The lowest BCUT2D eigenvalue weighted by molar-refractivity contribution is -0.140. The van der Waals surface area contributed by atoms with Crippen LogP contribution in [0.25, 0.3) is 0 Å². The molecule has 1 N–H and O–H groups in total. The van der Waals surface area contributed by atoms with Gasteiger partial charge in [-0.15, -0.1) is 0 Å². The van der Waals surface area contributed by atoms with Crippen LogP contribution in [0, 0.1) is 0 Å². The van der Waals surface area contributed by atoms with Crippen molar-refractivity contribution in [1.82, 2.24) is 10.2 Å². The molecule has 0 aromatic heterocycles. The van der Waals surface area contributed by atoms with Crippen LogP contribution in [-0.4, -0.2) is 51.4 Å². The van der Waals surface area contributed by atoms with Crippen LogP contribution < -0.4 is 14.4 Å². The van der Waals surface area contributed by atoms with Gasteiger partial charge >= 0.3 is 0 Å². The Morgan fingerprint density at radius 1 is 0.848 bits per heavy atom. The summed E-state index contributed by atoms with van der Waals surface area (Å²) >= 11 is 12.6. The van der Waals surface area contributed by atoms with Crippen molar-refractivity contribution in [2.45, 2.75) is 43.7 Å². The lowest BCUT2D eigenvalue weighted by atomic mass is 10.0. The van der Waals surface area contributed by atoms with Crippen molar-refractivity contribution in [2.24, 2.45) is 0 Å². The predicted molar refractivity (Wildman–Crippen MR) is 183 cm³/mol. The number of anilines is 1. The van der Waals surface area contributed by atoms with E-state index in [1.54, 1.807) is 36.4 Å². The summed E-state index contributed by atoms with van der Waals surface area (Å²) in [7, 11) is -2.79. The monoisotopic (exact) mass is 681 g/mol. The van der Waals surface area contributed by atoms with E-state index in [1.807, 2.05) is 43.3 Å². The van der Waals surface area contributed by atoms with Gasteiger partial charge in [-0.2, -0.15) is 0 Å². The lowest BCUT2D eigenvalue weighted by Gasteiger charge is -2.34. The molecule has 4 aromatic carbocycles. The molecule has 0 saturated carbocycles. The van der Waals surface area contributed by atoms with Crippen LogP contribution >= 0.6 is 23.2 Å². The summed E-state index contributed by atoms with van der Waals surface area (Å²) in [5, 5.41) is 3.75. The van der Waals surface area contributed by atoms with Crippen LogP contribution in [-0.2, 0) is 32.6 Å². The van der Waals surface area contributed by atoms with Gasteiger partial charge in [-0.1, -0.05) is 85.1 Å². The molecule has 0 aliphatic heterocycles. The molecule has 0 unspecified atom stereocenters. The highest BCUT2D eigenvalue weighted by atomic mass is 35.5. The molecule has 0 saturated heterocycles. The standard InChI is InChI=1S/C35H37Cl2N3O5S/c1-3-4-20-38-35(42)33(22-26-10-6-5-7-11-26)39(24-27-12-8-13-28(36)21-27)34(41)25-40(30-15-9-14-29(37)23-30)46(43,44)32-18-16-31(45-2)17-19-32/h5-19,21,23,33H,3-4,20,22,24-25H2,1-2H3,(H,38,42)/t33-/m0/s1. The molecule has 0 bridgehead atoms. The van der Waals surface area contributed by atoms with E-state index in [-0.39, 0.29) is 29.5 Å². The van der Waals surface area contributed by atoms with Gasteiger partial charge in [0.15, 0.2) is 0 Å². The van der Waals surface area contributed by atoms with Crippen LogP contribution in [0.5, 0.6) is 5.75 Å². The molecule has 46 heavy (non-hydrogen) atoms. The summed E-state index contributed by atoms with van der Waals surface area (Å²) in [6.07, 6.45) is 1.87. The number of benzene rings is 4. The third-order valence-corrected chi connectivity index (χ3v) is 9.62. The van der Waals surface area contributed by atoms with Crippen molar-refractivity contribution < 1.29 is 22.7 Å². The molecule has 4 rings (SSSR count). The van der Waals surface area contributed by atoms with E-state index in [2.05, 4.69) is 5.32 Å². The first-order chi connectivity index (χ1) is 22.1. The van der Waals surface area contributed by atoms with E-state index in [9.17, 15) is 18.0 Å². The highest BCUT2D eigenvalue weighted by molar-refractivity contribution is 7.92. The minimum Gasteiger partial charge on any atom is -0.497 e. The van der Waals surface area contributed by atoms with Crippen molar-refractivity contribution >= 4 is 50.7 Å². The zero-order valence-electron chi connectivity index (χ0n) is 25.7. The summed E-state index contributed by atoms with van der Waals surface area (Å²) in [5.74, 6) is -0.432. The van der Waals surface area contributed by atoms with Gasteiger partial charge in [-0.3, -0.25) is 13.9 Å². The Bertz CT molecular complexity index is 1720. The van der Waals surface area contributed by atoms with Gasteiger partial charge in [0.1, 0.15) is 18.3 Å². The maximum Gasteiger partial charge on any atom is 0.264 e. The SMILES string of the molecule is CCCCNC(=O)[C@H](Cc1ccccc1)N(Cc1cccc(Cl)c1)C(=O)CN(c1cccc(Cl)c1)S(=O)(=O)c1ccc(OC)cc1. The molecule has 0 fully saturated rings. The molecule has 0 spiro atoms. The van der Waals surface area contributed by atoms with Gasteiger partial charge in [0.05, 0.1) is 17.7 Å². The molecule has 0 aliphatic rings. The van der Waals surface area contributed by atoms with E-state index in [1.165, 1.54) is 42.3 Å². The number of nitrogens with one attached hydrogen (secondary N) is 1. The van der Waals surface area contributed by atoms with Gasteiger partial charge in [0, 0.05) is 29.6 Å². The number of carbonyl (C=O) groups is 2. The van der Waals surface area contributed by atoms with Gasteiger partial charge in [0.25, 0.3) is 10.0 Å². The normalized spacial score (nSPS) is 11.8. The number of rotatable bonds is 15. The molecule has 8 nitrogen and oxygen atoms in total. The van der Waals surface area contributed by atoms with Crippen LogP contribution in [0.15, 0.2) is 108 Å². The van der Waals surface area contributed by atoms with Crippen LogP contribution in [0.2, 0.25) is 10.0 Å². The lowest BCUT2D eigenvalue weighted by Crippen LogP contribution is -2.53. The summed E-state index contributed by atoms with van der Waals surface area (Å²) in [5.41, 5.74) is 1.73. The molecular formula is C35H37Cl2N3O5S. The Labute approximate surface area is 280 Å². The number of hydrogen-bond acceptors (Lipinski definition) is 5. The zero-order valence-corrected chi connectivity index (χ0v) is 28.1. The van der Waals surface area contributed by atoms with Gasteiger partial charge < -0.3 is 15.0 Å². The zero-order chi connectivity index (χ0) is 33.1. The highest BCUT2D eigenvalue weighted by Crippen LogP contribution is 2.28. The molecule has 4 aromatic rings. The first-order valence-corrected chi connectivity index (χ1v) is 17.1. The summed E-state index contributed by atoms with van der Waals surface area (Å²) in [6.45, 7) is 1.89. The Balaban J connectivity index is 1.79. The van der Waals surface area contributed by atoms with Crippen LogP contribution in [0.3, 0.4) is 0 Å². The summed E-state index contributed by atoms with van der Waals surface area (Å²) in [6, 6.07) is 27.6. The fraction of sp³-hybridized carbons (Fsp3) is 0.257. The average molecular weight is 683 g/mol. The van der Waals surface area contributed by atoms with Crippen molar-refractivity contribution in [3.63, 3.8) is 0 Å². The van der Waals surface area contributed by atoms with Gasteiger partial charge in [-0.25, -0.2) is 8.42 Å². The summed E-state index contributed by atoms with van der Waals surface area (Å²) < 4.78 is 34.5. The Morgan fingerprint density at radius 3 is 2.13 bits per heavy atom. The van der Waals surface area contributed by atoms with E-state index < -0.39 is 28.5 Å². The molecule has 2 amide bonds. The van der Waals surface area contributed by atoms with Gasteiger partial charge in [0.2, 0.25) is 11.8 Å². The minimum absolute atomic E-state index is 0.0179. The fourth-order valence-electron chi connectivity index (χ4n) is 4.93. The molecule has 0 aliphatic carbocycles. The minimum atomic E-state index is -4.28. The first-order valence-electron chi connectivity index (χ1n) is 14.9. The molecule has 11 heteroatoms. The molecule has 0 radical (unpaired) electrons. The van der Waals surface area contributed by atoms with E-state index in [0.717, 1.165) is 22.7 Å². The van der Waals surface area contributed by atoms with Gasteiger partial charge in [-0.05, 0) is 72.1 Å². The Morgan fingerprint density at radius 2 is 1.50 bits per heavy atom. The van der Waals surface area contributed by atoms with Crippen molar-refractivity contribution in [1.29, 1.82) is 0 Å². The van der Waals surface area contributed by atoms with Crippen LogP contribution in [0.1, 0.15) is 30.9 Å². The van der Waals surface area contributed by atoms with E-state index >= 15 is 0 Å². The third-order valence-electron chi connectivity index (χ3n) is 7.37. The fourth-order valence-corrected chi connectivity index (χ4v) is 6.73. The van der Waals surface area contributed by atoms with Crippen molar-refractivity contribution in [3.8, 4) is 5.75 Å². The molecule has 242 valence electrons. The predicted octanol–water partition coefficient (Wildman–Crippen LogP) is 6.75. The Kier molecular flexibility index (Phi) is 12.5. The second kappa shape index (κ2) is 16.5. The number of methoxy groups -OCH3 is 1. The number of halogens is 2. The quantitative estimate of drug-likeness (QED) is 0.140. The van der Waals surface area contributed by atoms with Crippen LogP contribution in [0.4, 0.5) is 5.69 Å². The second-order valence-electron chi connectivity index (χ2n) is 10.7. The van der Waals surface area contributed by atoms with Crippen molar-refractivity contribution in [3.05, 3.63) is 124 Å². The number of carbonyl (C=O) groups excluding carboxylic acids is 2. The van der Waals surface area contributed by atoms with E-state index in [0.29, 0.717) is 27.9 Å². The maximum absolute atomic E-state index is 14.5. The molecular weight excluding hydrogens is 645 g/mol. The Hall–Kier alpha value is -4.05. The topological polar surface area (TPSA) is 96.0 Å². The van der Waals surface area contributed by atoms with E-state index in [4.69, 9.17) is 27.9 Å². The maximum atomic E-state index is 14.5. The third kappa shape index (κ3) is 9.25. The number of nitrogens with zero attached hydrogens (tertiary/aromatic N) is 2. The number of amides is 2. The second-order valence-corrected chi connectivity index (χ2v) is 13.4. The largest absolute Gasteiger partial charge is 0.497 e. The number of unbranched alkanes of at least 4 members (excludes halogenated alkanes) is 1.